The van der Waals surface area contributed by atoms with E-state index in [0.717, 1.165) is 23.1 Å². The highest BCUT2D eigenvalue weighted by Crippen LogP contribution is 2.28. The first-order chi connectivity index (χ1) is 12.7. The van der Waals surface area contributed by atoms with E-state index in [4.69, 9.17) is 0 Å². The number of thioether (sulfide) groups is 1. The van der Waals surface area contributed by atoms with E-state index in [-0.39, 0.29) is 5.91 Å². The van der Waals surface area contributed by atoms with Gasteiger partial charge >= 0.3 is 0 Å². The van der Waals surface area contributed by atoms with Gasteiger partial charge in [-0.15, -0.1) is 0 Å². The Balaban J connectivity index is 1.99. The number of anilines is 1. The van der Waals surface area contributed by atoms with Gasteiger partial charge < -0.3 is 5.32 Å². The van der Waals surface area contributed by atoms with Gasteiger partial charge in [0.15, 0.2) is 0 Å². The number of carbonyl (C=O) groups excluding carboxylic acids is 1. The van der Waals surface area contributed by atoms with Crippen LogP contribution in [0.1, 0.15) is 50.2 Å². The minimum absolute atomic E-state index is 0.259. The Hall–Kier alpha value is -1.21. The van der Waals surface area contributed by atoms with Gasteiger partial charge in [0, 0.05) is 17.5 Å². The fourth-order valence-corrected chi connectivity index (χ4v) is 5.96. The standard InChI is InChI=1S/C20H32N2O3S2/c1-15-10-11-16(2)19(14-15)22(27(4,24)25)17(3)20(23)21-12-13-26-18-8-6-5-7-9-18/h10-11,14,17-18H,5-9,12-13H2,1-4H3,(H,21,23)/t17-/m1/s1. The Morgan fingerprint density at radius 3 is 2.56 bits per heavy atom. The number of nitrogens with zero attached hydrogens (tertiary/aromatic N) is 1. The Kier molecular flexibility index (Phi) is 8.04. The van der Waals surface area contributed by atoms with Crippen molar-refractivity contribution >= 4 is 33.4 Å². The molecule has 1 atom stereocenters. The van der Waals surface area contributed by atoms with Gasteiger partial charge in [-0.2, -0.15) is 11.8 Å². The van der Waals surface area contributed by atoms with Crippen LogP contribution in [0.5, 0.6) is 0 Å². The fraction of sp³-hybridized carbons (Fsp3) is 0.650. The Bertz CT molecular complexity index is 744. The third-order valence-electron chi connectivity index (χ3n) is 5.00. The van der Waals surface area contributed by atoms with E-state index in [1.807, 2.05) is 43.8 Å². The molecule has 0 saturated heterocycles. The predicted octanol–water partition coefficient (Wildman–Crippen LogP) is 3.64. The minimum Gasteiger partial charge on any atom is -0.353 e. The molecule has 152 valence electrons. The molecule has 1 saturated carbocycles. The van der Waals surface area contributed by atoms with E-state index < -0.39 is 16.1 Å². The van der Waals surface area contributed by atoms with E-state index >= 15 is 0 Å². The van der Waals surface area contributed by atoms with E-state index in [0.29, 0.717) is 17.5 Å². The lowest BCUT2D eigenvalue weighted by molar-refractivity contribution is -0.121. The zero-order valence-corrected chi connectivity index (χ0v) is 18.5. The number of aryl methyl sites for hydroxylation is 2. The summed E-state index contributed by atoms with van der Waals surface area (Å²) in [4.78, 5) is 12.6. The van der Waals surface area contributed by atoms with Gasteiger partial charge in [-0.3, -0.25) is 9.10 Å². The third kappa shape index (κ3) is 6.42. The lowest BCUT2D eigenvalue weighted by Gasteiger charge is -2.30. The third-order valence-corrected chi connectivity index (χ3v) is 7.61. The molecule has 1 aromatic carbocycles. The predicted molar refractivity (Wildman–Crippen MR) is 115 cm³/mol. The van der Waals surface area contributed by atoms with Crippen molar-refractivity contribution in [2.75, 3.05) is 22.9 Å². The molecule has 0 aliphatic heterocycles. The quantitative estimate of drug-likeness (QED) is 0.662. The van der Waals surface area contributed by atoms with E-state index in [1.165, 1.54) is 36.4 Å². The molecule has 0 spiro atoms. The number of nitrogens with one attached hydrogen (secondary N) is 1. The van der Waals surface area contributed by atoms with Crippen molar-refractivity contribution in [1.82, 2.24) is 5.32 Å². The van der Waals surface area contributed by atoms with Crippen molar-refractivity contribution in [2.45, 2.75) is 64.2 Å². The van der Waals surface area contributed by atoms with Crippen molar-refractivity contribution < 1.29 is 13.2 Å². The molecule has 0 heterocycles. The van der Waals surface area contributed by atoms with Gasteiger partial charge in [0.25, 0.3) is 0 Å². The summed E-state index contributed by atoms with van der Waals surface area (Å²) in [5, 5.41) is 3.62. The number of sulfonamides is 1. The van der Waals surface area contributed by atoms with Crippen LogP contribution < -0.4 is 9.62 Å². The molecule has 27 heavy (non-hydrogen) atoms. The maximum Gasteiger partial charge on any atom is 0.243 e. The van der Waals surface area contributed by atoms with Crippen molar-refractivity contribution in [2.24, 2.45) is 0 Å². The molecule has 1 fully saturated rings. The smallest absolute Gasteiger partial charge is 0.243 e. The van der Waals surface area contributed by atoms with Gasteiger partial charge in [0.2, 0.25) is 15.9 Å². The van der Waals surface area contributed by atoms with Crippen molar-refractivity contribution in [3.63, 3.8) is 0 Å². The summed E-state index contributed by atoms with van der Waals surface area (Å²) in [5.41, 5.74) is 2.36. The zero-order valence-electron chi connectivity index (χ0n) is 16.8. The second kappa shape index (κ2) is 9.82. The highest BCUT2D eigenvalue weighted by atomic mass is 32.2. The van der Waals surface area contributed by atoms with Crippen LogP contribution in [-0.4, -0.2) is 44.2 Å². The second-order valence-corrected chi connectivity index (χ2v) is 10.7. The summed E-state index contributed by atoms with van der Waals surface area (Å²) >= 11 is 1.92. The van der Waals surface area contributed by atoms with Gasteiger partial charge in [0.05, 0.1) is 11.9 Å². The van der Waals surface area contributed by atoms with E-state index in [1.54, 1.807) is 6.92 Å². The number of carbonyl (C=O) groups is 1. The van der Waals surface area contributed by atoms with Crippen LogP contribution in [0.4, 0.5) is 5.69 Å². The van der Waals surface area contributed by atoms with Crippen molar-refractivity contribution in [1.29, 1.82) is 0 Å². The molecule has 5 nitrogen and oxygen atoms in total. The lowest BCUT2D eigenvalue weighted by atomic mass is 10.0. The number of hydrogen-bond donors (Lipinski definition) is 1. The summed E-state index contributed by atoms with van der Waals surface area (Å²) in [6.45, 7) is 5.98. The summed E-state index contributed by atoms with van der Waals surface area (Å²) in [6.07, 6.45) is 7.63. The number of benzene rings is 1. The maximum absolute atomic E-state index is 12.6. The fourth-order valence-electron chi connectivity index (χ4n) is 3.52. The monoisotopic (exact) mass is 412 g/mol. The molecule has 1 amide bonds. The number of rotatable bonds is 8. The molecule has 1 aromatic rings. The Labute approximate surface area is 168 Å². The van der Waals surface area contributed by atoms with Crippen LogP contribution in [0.2, 0.25) is 0 Å². The largest absolute Gasteiger partial charge is 0.353 e. The zero-order chi connectivity index (χ0) is 20.0. The first-order valence-corrected chi connectivity index (χ1v) is 12.6. The molecular weight excluding hydrogens is 380 g/mol. The molecule has 2 rings (SSSR count). The first-order valence-electron chi connectivity index (χ1n) is 9.66. The van der Waals surface area contributed by atoms with Crippen LogP contribution in [0.25, 0.3) is 0 Å². The van der Waals surface area contributed by atoms with Crippen LogP contribution in [-0.2, 0) is 14.8 Å². The molecular formula is C20H32N2O3S2. The molecule has 7 heteroatoms. The summed E-state index contributed by atoms with van der Waals surface area (Å²) in [6, 6.07) is 4.85. The van der Waals surface area contributed by atoms with Gasteiger partial charge in [-0.25, -0.2) is 8.42 Å². The maximum atomic E-state index is 12.6. The normalized spacial score (nSPS) is 16.7. The molecule has 0 unspecified atom stereocenters. The van der Waals surface area contributed by atoms with Gasteiger partial charge in [0.1, 0.15) is 6.04 Å². The average Bonchev–Trinajstić information content (AvgIpc) is 2.61. The topological polar surface area (TPSA) is 66.5 Å². The molecule has 0 aromatic heterocycles. The molecule has 1 aliphatic carbocycles. The highest BCUT2D eigenvalue weighted by Gasteiger charge is 2.30. The lowest BCUT2D eigenvalue weighted by Crippen LogP contribution is -2.48. The van der Waals surface area contributed by atoms with Crippen molar-refractivity contribution in [3.05, 3.63) is 29.3 Å². The molecule has 1 N–H and O–H groups in total. The molecule has 0 radical (unpaired) electrons. The van der Waals surface area contributed by atoms with E-state index in [9.17, 15) is 13.2 Å². The Morgan fingerprint density at radius 2 is 1.93 bits per heavy atom. The van der Waals surface area contributed by atoms with Gasteiger partial charge in [-0.05, 0) is 50.8 Å². The Morgan fingerprint density at radius 1 is 1.26 bits per heavy atom. The second-order valence-electron chi connectivity index (χ2n) is 7.45. The summed E-state index contributed by atoms with van der Waals surface area (Å²) < 4.78 is 26.1. The van der Waals surface area contributed by atoms with Gasteiger partial charge in [-0.1, -0.05) is 31.4 Å². The summed E-state index contributed by atoms with van der Waals surface area (Å²) in [7, 11) is -3.58. The van der Waals surface area contributed by atoms with E-state index in [2.05, 4.69) is 5.32 Å². The van der Waals surface area contributed by atoms with Crippen LogP contribution in [0.15, 0.2) is 18.2 Å². The highest BCUT2D eigenvalue weighted by molar-refractivity contribution is 7.99. The first kappa shape index (κ1) is 22.1. The number of amides is 1. The van der Waals surface area contributed by atoms with Crippen LogP contribution in [0, 0.1) is 13.8 Å². The molecule has 1 aliphatic rings. The minimum atomic E-state index is -3.58. The van der Waals surface area contributed by atoms with Crippen molar-refractivity contribution in [3.8, 4) is 0 Å². The number of hydrogen-bond acceptors (Lipinski definition) is 4. The molecule has 0 bridgehead atoms. The SMILES string of the molecule is Cc1ccc(C)c(N([C@H](C)C(=O)NCCSC2CCCCC2)S(C)(=O)=O)c1. The summed E-state index contributed by atoms with van der Waals surface area (Å²) in [5.74, 6) is 0.608. The average molecular weight is 413 g/mol. The van der Waals surface area contributed by atoms with Crippen LogP contribution in [0.3, 0.4) is 0 Å². The van der Waals surface area contributed by atoms with Crippen LogP contribution >= 0.6 is 11.8 Å².